The zero-order chi connectivity index (χ0) is 18.2. The second-order valence-corrected chi connectivity index (χ2v) is 5.40. The molecule has 0 saturated heterocycles. The molecule has 0 aliphatic carbocycles. The van der Waals surface area contributed by atoms with Gasteiger partial charge in [0.1, 0.15) is 23.0 Å². The van der Waals surface area contributed by atoms with Crippen LogP contribution in [0.3, 0.4) is 0 Å². The molecule has 0 aliphatic heterocycles. The average Bonchev–Trinajstić information content (AvgIpc) is 2.65. The number of hydrogen-bond donors (Lipinski definition) is 0. The lowest BCUT2D eigenvalue weighted by Gasteiger charge is -2.19. The minimum Gasteiger partial charge on any atom is -0.496 e. The van der Waals surface area contributed by atoms with Gasteiger partial charge in [-0.05, 0) is 6.07 Å². The van der Waals surface area contributed by atoms with Crippen LogP contribution in [-0.2, 0) is 11.3 Å². The minimum absolute atomic E-state index is 0.0814. The molecule has 0 fully saturated rings. The number of carbonyl (C=O) groups excluding carboxylic acids is 1. The van der Waals surface area contributed by atoms with Crippen molar-refractivity contribution in [3.63, 3.8) is 0 Å². The van der Waals surface area contributed by atoms with Crippen LogP contribution >= 0.6 is 0 Å². The summed E-state index contributed by atoms with van der Waals surface area (Å²) in [6.45, 7) is 0.357. The Morgan fingerprint density at radius 2 is 1.52 bits per heavy atom. The van der Waals surface area contributed by atoms with Crippen molar-refractivity contribution in [2.75, 3.05) is 35.0 Å². The molecule has 25 heavy (non-hydrogen) atoms. The van der Waals surface area contributed by atoms with Gasteiger partial charge in [-0.15, -0.1) is 0 Å². The molecule has 0 aromatic heterocycles. The van der Waals surface area contributed by atoms with E-state index in [4.69, 9.17) is 18.9 Å². The Hall–Kier alpha value is -2.89. The number of methoxy groups -OCH3 is 3. The van der Waals surface area contributed by atoms with Crippen molar-refractivity contribution in [3.8, 4) is 23.0 Å². The average molecular weight is 345 g/mol. The quantitative estimate of drug-likeness (QED) is 0.736. The first-order valence-corrected chi connectivity index (χ1v) is 7.79. The highest BCUT2D eigenvalue weighted by Crippen LogP contribution is 2.27. The first-order chi connectivity index (χ1) is 12.1. The molecule has 2 aromatic carbocycles. The lowest BCUT2D eigenvalue weighted by atomic mass is 10.2. The molecule has 0 heterocycles. The van der Waals surface area contributed by atoms with Crippen molar-refractivity contribution < 1.29 is 23.7 Å². The number of benzene rings is 2. The zero-order valence-corrected chi connectivity index (χ0v) is 14.9. The highest BCUT2D eigenvalue weighted by molar-refractivity contribution is 5.77. The number of nitrogens with zero attached hydrogens (tertiary/aromatic N) is 1. The van der Waals surface area contributed by atoms with Gasteiger partial charge in [-0.25, -0.2) is 0 Å². The van der Waals surface area contributed by atoms with E-state index in [9.17, 15) is 4.79 Å². The van der Waals surface area contributed by atoms with E-state index in [1.807, 2.05) is 24.3 Å². The van der Waals surface area contributed by atoms with Crippen LogP contribution in [0.5, 0.6) is 23.0 Å². The van der Waals surface area contributed by atoms with Crippen molar-refractivity contribution in [2.24, 2.45) is 0 Å². The summed E-state index contributed by atoms with van der Waals surface area (Å²) < 4.78 is 21.3. The van der Waals surface area contributed by atoms with E-state index < -0.39 is 0 Å². The molecule has 0 radical (unpaired) electrons. The molecule has 0 aliphatic rings. The summed E-state index contributed by atoms with van der Waals surface area (Å²) in [4.78, 5) is 13.9. The third kappa shape index (κ3) is 5.04. The second-order valence-electron chi connectivity index (χ2n) is 5.40. The summed E-state index contributed by atoms with van der Waals surface area (Å²) in [5, 5.41) is 0. The van der Waals surface area contributed by atoms with Gasteiger partial charge in [0.25, 0.3) is 5.91 Å². The molecule has 6 heteroatoms. The summed E-state index contributed by atoms with van der Waals surface area (Å²) >= 11 is 0. The fourth-order valence-corrected chi connectivity index (χ4v) is 2.30. The number of hydrogen-bond acceptors (Lipinski definition) is 5. The summed E-state index contributed by atoms with van der Waals surface area (Å²) in [5.74, 6) is 2.32. The Kier molecular flexibility index (Phi) is 6.51. The predicted molar refractivity (Wildman–Crippen MR) is 94.5 cm³/mol. The van der Waals surface area contributed by atoms with Crippen molar-refractivity contribution in [2.45, 2.75) is 6.54 Å². The van der Waals surface area contributed by atoms with Gasteiger partial charge in [-0.3, -0.25) is 4.79 Å². The van der Waals surface area contributed by atoms with Crippen molar-refractivity contribution in [1.82, 2.24) is 4.90 Å². The highest BCUT2D eigenvalue weighted by atomic mass is 16.5. The largest absolute Gasteiger partial charge is 0.496 e. The van der Waals surface area contributed by atoms with Crippen LogP contribution in [0.25, 0.3) is 0 Å². The molecule has 0 atom stereocenters. The van der Waals surface area contributed by atoms with Crippen molar-refractivity contribution >= 4 is 5.91 Å². The van der Waals surface area contributed by atoms with Crippen LogP contribution in [-0.4, -0.2) is 45.8 Å². The van der Waals surface area contributed by atoms with E-state index in [1.165, 1.54) is 0 Å². The molecule has 0 saturated carbocycles. The predicted octanol–water partition coefficient (Wildman–Crippen LogP) is 2.75. The maximum Gasteiger partial charge on any atom is 0.260 e. The smallest absolute Gasteiger partial charge is 0.260 e. The van der Waals surface area contributed by atoms with Crippen LogP contribution in [0.4, 0.5) is 0 Å². The van der Waals surface area contributed by atoms with Crippen molar-refractivity contribution in [3.05, 3.63) is 48.0 Å². The lowest BCUT2D eigenvalue weighted by Crippen LogP contribution is -2.31. The molecule has 0 bridgehead atoms. The van der Waals surface area contributed by atoms with E-state index in [0.717, 1.165) is 11.3 Å². The Morgan fingerprint density at radius 3 is 2.12 bits per heavy atom. The first-order valence-electron chi connectivity index (χ1n) is 7.79. The van der Waals surface area contributed by atoms with E-state index in [0.29, 0.717) is 23.8 Å². The van der Waals surface area contributed by atoms with Gasteiger partial charge in [0.2, 0.25) is 0 Å². The number of para-hydroxylation sites is 1. The fourth-order valence-electron chi connectivity index (χ4n) is 2.30. The van der Waals surface area contributed by atoms with Gasteiger partial charge in [0.15, 0.2) is 6.61 Å². The topological polar surface area (TPSA) is 57.2 Å². The van der Waals surface area contributed by atoms with Crippen LogP contribution in [0, 0.1) is 0 Å². The molecule has 0 spiro atoms. The Morgan fingerprint density at radius 1 is 0.920 bits per heavy atom. The molecule has 0 N–H and O–H groups in total. The van der Waals surface area contributed by atoms with Crippen LogP contribution in [0.15, 0.2) is 42.5 Å². The van der Waals surface area contributed by atoms with Crippen molar-refractivity contribution in [1.29, 1.82) is 0 Å². The van der Waals surface area contributed by atoms with E-state index in [2.05, 4.69) is 0 Å². The molecule has 0 unspecified atom stereocenters. The monoisotopic (exact) mass is 345 g/mol. The summed E-state index contributed by atoms with van der Waals surface area (Å²) in [7, 11) is 6.46. The normalized spacial score (nSPS) is 10.1. The van der Waals surface area contributed by atoms with E-state index in [-0.39, 0.29) is 12.5 Å². The van der Waals surface area contributed by atoms with Gasteiger partial charge in [-0.1, -0.05) is 18.2 Å². The molecular formula is C19H23NO5. The first kappa shape index (κ1) is 18.4. The molecule has 1 amide bonds. The molecule has 6 nitrogen and oxygen atoms in total. The summed E-state index contributed by atoms with van der Waals surface area (Å²) in [5.41, 5.74) is 0.934. The third-order valence-electron chi connectivity index (χ3n) is 3.71. The molecule has 2 rings (SSSR count). The number of amides is 1. The Balaban J connectivity index is 1.97. The second kappa shape index (κ2) is 8.82. The third-order valence-corrected chi connectivity index (χ3v) is 3.71. The van der Waals surface area contributed by atoms with Gasteiger partial charge in [-0.2, -0.15) is 0 Å². The Bertz CT molecular complexity index is 694. The van der Waals surface area contributed by atoms with E-state index in [1.54, 1.807) is 51.5 Å². The van der Waals surface area contributed by atoms with Gasteiger partial charge < -0.3 is 23.8 Å². The number of rotatable bonds is 8. The number of likely N-dealkylation sites (N-methyl/N-ethyl adjacent to an activating group) is 1. The maximum absolute atomic E-state index is 12.3. The molecule has 134 valence electrons. The number of carbonyl (C=O) groups is 1. The van der Waals surface area contributed by atoms with Gasteiger partial charge >= 0.3 is 0 Å². The van der Waals surface area contributed by atoms with Gasteiger partial charge in [0, 0.05) is 37.4 Å². The summed E-state index contributed by atoms with van der Waals surface area (Å²) in [6, 6.07) is 12.7. The molecule has 2 aromatic rings. The van der Waals surface area contributed by atoms with Crippen LogP contribution in [0.2, 0.25) is 0 Å². The zero-order valence-electron chi connectivity index (χ0n) is 14.9. The lowest BCUT2D eigenvalue weighted by molar-refractivity contribution is -0.132. The van der Waals surface area contributed by atoms with E-state index >= 15 is 0 Å². The maximum atomic E-state index is 12.3. The summed E-state index contributed by atoms with van der Waals surface area (Å²) in [6.07, 6.45) is 0. The molecular weight excluding hydrogens is 322 g/mol. The highest BCUT2D eigenvalue weighted by Gasteiger charge is 2.13. The standard InChI is InChI=1S/C19H23NO5/c1-20(12-14-7-5-6-8-18(14)24-4)19(21)13-25-17-10-15(22-2)9-16(11-17)23-3/h5-11H,12-13H2,1-4H3. The van der Waals surface area contributed by atoms with Crippen LogP contribution < -0.4 is 18.9 Å². The SMILES string of the molecule is COc1cc(OC)cc(OCC(=O)N(C)Cc2ccccc2OC)c1. The Labute approximate surface area is 147 Å². The van der Waals surface area contributed by atoms with Crippen LogP contribution in [0.1, 0.15) is 5.56 Å². The van der Waals surface area contributed by atoms with Gasteiger partial charge in [0.05, 0.1) is 21.3 Å². The fraction of sp³-hybridized carbons (Fsp3) is 0.316. The minimum atomic E-state index is -0.146. The number of ether oxygens (including phenoxy) is 4.